The van der Waals surface area contributed by atoms with Crippen molar-refractivity contribution in [3.05, 3.63) is 59.4 Å². The minimum absolute atomic E-state index is 0.281. The van der Waals surface area contributed by atoms with Crippen molar-refractivity contribution in [2.75, 3.05) is 12.8 Å². The third-order valence-corrected chi connectivity index (χ3v) is 3.23. The molecule has 2 rings (SSSR count). The Balaban J connectivity index is 2.18. The molecular weight excluding hydrogens is 271 g/mol. The van der Waals surface area contributed by atoms with E-state index in [1.807, 2.05) is 0 Å². The molecule has 110 valence electrons. The lowest BCUT2D eigenvalue weighted by Crippen LogP contribution is -2.27. The summed E-state index contributed by atoms with van der Waals surface area (Å²) >= 11 is 0. The van der Waals surface area contributed by atoms with Gasteiger partial charge in [0, 0.05) is 0 Å². The predicted octanol–water partition coefficient (Wildman–Crippen LogP) is 2.91. The molecule has 5 heteroatoms. The van der Waals surface area contributed by atoms with Gasteiger partial charge in [-0.05, 0) is 36.8 Å². The largest absolute Gasteiger partial charge is 0.495 e. The quantitative estimate of drug-likeness (QED) is 0.850. The Bertz CT molecular complexity index is 658. The number of methoxy groups -OCH3 is 1. The van der Waals surface area contributed by atoms with Gasteiger partial charge in [-0.3, -0.25) is 4.79 Å². The molecule has 0 aliphatic heterocycles. The van der Waals surface area contributed by atoms with Crippen LogP contribution < -0.4 is 15.8 Å². The molecule has 0 aliphatic carbocycles. The molecule has 0 fully saturated rings. The Kier molecular flexibility index (Phi) is 4.42. The Hall–Kier alpha value is -2.56. The number of halogens is 1. The summed E-state index contributed by atoms with van der Waals surface area (Å²) in [5, 5.41) is 2.79. The molecule has 2 aromatic rings. The molecule has 0 spiro atoms. The van der Waals surface area contributed by atoms with Crippen molar-refractivity contribution < 1.29 is 13.9 Å². The van der Waals surface area contributed by atoms with Gasteiger partial charge in [-0.25, -0.2) is 4.39 Å². The van der Waals surface area contributed by atoms with E-state index < -0.39 is 0 Å². The Morgan fingerprint density at radius 3 is 2.67 bits per heavy atom. The maximum Gasteiger partial charge on any atom is 0.253 e. The molecule has 0 radical (unpaired) electrons. The molecule has 3 N–H and O–H groups in total. The summed E-state index contributed by atoms with van der Waals surface area (Å²) in [5.74, 6) is -0.223. The van der Waals surface area contributed by atoms with Crippen molar-refractivity contribution in [3.63, 3.8) is 0 Å². The van der Waals surface area contributed by atoms with E-state index in [0.29, 0.717) is 16.9 Å². The van der Waals surface area contributed by atoms with E-state index >= 15 is 0 Å². The predicted molar refractivity (Wildman–Crippen MR) is 79.7 cm³/mol. The van der Waals surface area contributed by atoms with E-state index in [1.165, 1.54) is 19.2 Å². The van der Waals surface area contributed by atoms with Gasteiger partial charge in [0.15, 0.2) is 0 Å². The van der Waals surface area contributed by atoms with Crippen LogP contribution in [0.1, 0.15) is 28.9 Å². The van der Waals surface area contributed by atoms with Crippen molar-refractivity contribution in [2.45, 2.75) is 13.0 Å². The molecular formula is C16H17FN2O2. The first-order chi connectivity index (χ1) is 10.0. The fourth-order valence-corrected chi connectivity index (χ4v) is 2.05. The van der Waals surface area contributed by atoms with Gasteiger partial charge < -0.3 is 15.8 Å². The van der Waals surface area contributed by atoms with Crippen LogP contribution in [0.4, 0.5) is 10.1 Å². The number of rotatable bonds is 4. The molecule has 0 bridgehead atoms. The van der Waals surface area contributed by atoms with Crippen LogP contribution in [0.25, 0.3) is 0 Å². The average molecular weight is 288 g/mol. The van der Waals surface area contributed by atoms with Gasteiger partial charge in [-0.15, -0.1) is 0 Å². The highest BCUT2D eigenvalue weighted by atomic mass is 19.1. The lowest BCUT2D eigenvalue weighted by Gasteiger charge is -2.16. The Labute approximate surface area is 122 Å². The zero-order valence-electron chi connectivity index (χ0n) is 11.9. The minimum atomic E-state index is -0.338. The number of amides is 1. The molecule has 1 atom stereocenters. The van der Waals surface area contributed by atoms with Crippen molar-refractivity contribution in [1.29, 1.82) is 0 Å². The molecule has 0 heterocycles. The number of ether oxygens (including phenoxy) is 1. The number of carbonyl (C=O) groups excluding carboxylic acids is 1. The topological polar surface area (TPSA) is 64.3 Å². The lowest BCUT2D eigenvalue weighted by atomic mass is 10.1. The van der Waals surface area contributed by atoms with E-state index in [4.69, 9.17) is 10.5 Å². The van der Waals surface area contributed by atoms with Gasteiger partial charge in [0.05, 0.1) is 24.4 Å². The summed E-state index contributed by atoms with van der Waals surface area (Å²) in [6, 6.07) is 10.8. The molecule has 2 aromatic carbocycles. The van der Waals surface area contributed by atoms with Crippen LogP contribution in [0.2, 0.25) is 0 Å². The van der Waals surface area contributed by atoms with Crippen LogP contribution in [0.3, 0.4) is 0 Å². The lowest BCUT2D eigenvalue weighted by molar-refractivity contribution is 0.0940. The molecule has 0 saturated heterocycles. The van der Waals surface area contributed by atoms with Crippen LogP contribution in [-0.2, 0) is 0 Å². The van der Waals surface area contributed by atoms with Gasteiger partial charge in [0.25, 0.3) is 5.91 Å². The summed E-state index contributed by atoms with van der Waals surface area (Å²) in [5.41, 5.74) is 7.19. The van der Waals surface area contributed by atoms with E-state index in [-0.39, 0.29) is 23.5 Å². The number of benzene rings is 2. The van der Waals surface area contributed by atoms with Crippen molar-refractivity contribution in [3.8, 4) is 5.75 Å². The van der Waals surface area contributed by atoms with E-state index in [1.54, 1.807) is 37.3 Å². The summed E-state index contributed by atoms with van der Waals surface area (Å²) in [6.07, 6.45) is 0. The van der Waals surface area contributed by atoms with E-state index in [0.717, 1.165) is 0 Å². The van der Waals surface area contributed by atoms with Gasteiger partial charge in [0.2, 0.25) is 0 Å². The number of para-hydroxylation sites is 1. The Morgan fingerprint density at radius 1 is 1.29 bits per heavy atom. The normalized spacial score (nSPS) is 11.8. The number of hydrogen-bond acceptors (Lipinski definition) is 3. The molecule has 0 aromatic heterocycles. The van der Waals surface area contributed by atoms with Crippen molar-refractivity contribution in [2.24, 2.45) is 0 Å². The second-order valence-electron chi connectivity index (χ2n) is 4.67. The summed E-state index contributed by atoms with van der Waals surface area (Å²) < 4.78 is 18.3. The van der Waals surface area contributed by atoms with Crippen LogP contribution in [-0.4, -0.2) is 13.0 Å². The summed E-state index contributed by atoms with van der Waals surface area (Å²) in [7, 11) is 1.49. The summed E-state index contributed by atoms with van der Waals surface area (Å²) in [4.78, 5) is 12.3. The standard InChI is InChI=1S/C16H17FN2O2/c1-10(11-5-3-6-12(17)9-11)19-16(20)13-7-4-8-14(21-2)15(13)18/h3-10H,18H2,1-2H3,(H,19,20). The number of anilines is 1. The maximum atomic E-state index is 13.2. The van der Waals surface area contributed by atoms with Gasteiger partial charge in [-0.1, -0.05) is 18.2 Å². The first-order valence-corrected chi connectivity index (χ1v) is 6.51. The zero-order valence-corrected chi connectivity index (χ0v) is 11.9. The minimum Gasteiger partial charge on any atom is -0.495 e. The SMILES string of the molecule is COc1cccc(C(=O)NC(C)c2cccc(F)c2)c1N. The van der Waals surface area contributed by atoms with Crippen molar-refractivity contribution in [1.82, 2.24) is 5.32 Å². The Morgan fingerprint density at radius 2 is 2.00 bits per heavy atom. The number of nitrogen functional groups attached to an aromatic ring is 1. The third-order valence-electron chi connectivity index (χ3n) is 3.23. The number of hydrogen-bond donors (Lipinski definition) is 2. The first-order valence-electron chi connectivity index (χ1n) is 6.51. The number of nitrogens with one attached hydrogen (secondary N) is 1. The van der Waals surface area contributed by atoms with Crippen molar-refractivity contribution >= 4 is 11.6 Å². The van der Waals surface area contributed by atoms with E-state index in [2.05, 4.69) is 5.32 Å². The zero-order chi connectivity index (χ0) is 15.4. The van der Waals surface area contributed by atoms with Gasteiger partial charge in [0.1, 0.15) is 11.6 Å². The monoisotopic (exact) mass is 288 g/mol. The molecule has 21 heavy (non-hydrogen) atoms. The maximum absolute atomic E-state index is 13.2. The second-order valence-corrected chi connectivity index (χ2v) is 4.67. The highest BCUT2D eigenvalue weighted by Crippen LogP contribution is 2.25. The van der Waals surface area contributed by atoms with Crippen LogP contribution in [0.15, 0.2) is 42.5 Å². The number of carbonyl (C=O) groups is 1. The van der Waals surface area contributed by atoms with Crippen LogP contribution in [0.5, 0.6) is 5.75 Å². The second kappa shape index (κ2) is 6.26. The molecule has 1 amide bonds. The van der Waals surface area contributed by atoms with Crippen LogP contribution >= 0.6 is 0 Å². The van der Waals surface area contributed by atoms with Gasteiger partial charge in [-0.2, -0.15) is 0 Å². The average Bonchev–Trinajstić information content (AvgIpc) is 2.47. The fourth-order valence-electron chi connectivity index (χ4n) is 2.05. The molecule has 0 aliphatic rings. The van der Waals surface area contributed by atoms with Gasteiger partial charge >= 0.3 is 0 Å². The smallest absolute Gasteiger partial charge is 0.253 e. The van der Waals surface area contributed by atoms with E-state index in [9.17, 15) is 9.18 Å². The fraction of sp³-hybridized carbons (Fsp3) is 0.188. The highest BCUT2D eigenvalue weighted by molar-refractivity contribution is 6.00. The first kappa shape index (κ1) is 14.8. The highest BCUT2D eigenvalue weighted by Gasteiger charge is 2.16. The number of nitrogens with two attached hydrogens (primary N) is 1. The molecule has 0 saturated carbocycles. The summed E-state index contributed by atoms with van der Waals surface area (Å²) in [6.45, 7) is 1.78. The van der Waals surface area contributed by atoms with Crippen LogP contribution in [0, 0.1) is 5.82 Å². The third kappa shape index (κ3) is 3.31. The molecule has 1 unspecified atom stereocenters. The molecule has 4 nitrogen and oxygen atoms in total.